The number of benzene rings is 1. The highest BCUT2D eigenvalue weighted by Gasteiger charge is 2.17. The van der Waals surface area contributed by atoms with E-state index in [0.717, 1.165) is 36.7 Å². The lowest BCUT2D eigenvalue weighted by Gasteiger charge is -2.19. The minimum Gasteiger partial charge on any atom is -0.303 e. The maximum Gasteiger partial charge on any atom is 0.123 e. The van der Waals surface area contributed by atoms with E-state index in [1.807, 2.05) is 0 Å². The van der Waals surface area contributed by atoms with E-state index in [1.54, 1.807) is 12.1 Å². The minimum absolute atomic E-state index is 0.137. The Bertz CT molecular complexity index is 333. The first kappa shape index (κ1) is 8.42. The predicted molar refractivity (Wildman–Crippen MR) is 48.0 cm³/mol. The molecule has 0 bridgehead atoms. The smallest absolute Gasteiger partial charge is 0.123 e. The van der Waals surface area contributed by atoms with Gasteiger partial charge in [-0.1, -0.05) is 6.07 Å². The van der Waals surface area contributed by atoms with Gasteiger partial charge in [0, 0.05) is 5.92 Å². The van der Waals surface area contributed by atoms with Crippen molar-refractivity contribution >= 4 is 6.29 Å². The Balaban J connectivity index is 2.31. The Morgan fingerprint density at radius 3 is 3.00 bits per heavy atom. The molecule has 1 aliphatic rings. The van der Waals surface area contributed by atoms with Crippen molar-refractivity contribution in [1.82, 2.24) is 0 Å². The number of halogens is 1. The average Bonchev–Trinajstić information content (AvgIpc) is 2.17. The molecular formula is C11H11FO. The van der Waals surface area contributed by atoms with Gasteiger partial charge in [-0.3, -0.25) is 0 Å². The Hall–Kier alpha value is -1.18. The highest BCUT2D eigenvalue weighted by atomic mass is 19.1. The van der Waals surface area contributed by atoms with Crippen LogP contribution in [0.25, 0.3) is 0 Å². The molecule has 1 aromatic carbocycles. The second kappa shape index (κ2) is 3.29. The number of aryl methyl sites for hydroxylation is 1. The zero-order valence-electron chi connectivity index (χ0n) is 7.29. The molecule has 1 aromatic rings. The molecule has 0 radical (unpaired) electrons. The van der Waals surface area contributed by atoms with Crippen LogP contribution in [0.4, 0.5) is 4.39 Å². The van der Waals surface area contributed by atoms with E-state index in [9.17, 15) is 9.18 Å². The molecule has 0 aliphatic heterocycles. The van der Waals surface area contributed by atoms with Crippen LogP contribution >= 0.6 is 0 Å². The molecule has 68 valence electrons. The van der Waals surface area contributed by atoms with E-state index in [-0.39, 0.29) is 11.7 Å². The predicted octanol–water partition coefficient (Wildman–Crippen LogP) is 2.13. The highest BCUT2D eigenvalue weighted by molar-refractivity contribution is 5.55. The van der Waals surface area contributed by atoms with Crippen molar-refractivity contribution in [3.05, 3.63) is 35.1 Å². The standard InChI is InChI=1S/C11H11FO/c12-11-4-3-9-5-8(7-13)1-2-10(9)6-11/h3-4,6-8H,1-2,5H2/t8-/m0/s1. The summed E-state index contributed by atoms with van der Waals surface area (Å²) in [5.74, 6) is -0.0405. The molecule has 2 heteroatoms. The monoisotopic (exact) mass is 178 g/mol. The molecule has 13 heavy (non-hydrogen) atoms. The molecule has 2 rings (SSSR count). The first-order valence-electron chi connectivity index (χ1n) is 4.52. The zero-order chi connectivity index (χ0) is 9.26. The molecule has 0 amide bonds. The van der Waals surface area contributed by atoms with E-state index in [4.69, 9.17) is 0 Å². The van der Waals surface area contributed by atoms with Crippen molar-refractivity contribution < 1.29 is 9.18 Å². The normalized spacial score (nSPS) is 20.8. The molecule has 0 fully saturated rings. The Kier molecular flexibility index (Phi) is 2.13. The molecule has 0 saturated carbocycles. The summed E-state index contributed by atoms with van der Waals surface area (Å²) < 4.78 is 12.8. The van der Waals surface area contributed by atoms with Gasteiger partial charge in [-0.2, -0.15) is 0 Å². The Morgan fingerprint density at radius 2 is 2.23 bits per heavy atom. The van der Waals surface area contributed by atoms with Gasteiger partial charge in [-0.05, 0) is 42.5 Å². The van der Waals surface area contributed by atoms with Crippen molar-refractivity contribution in [2.45, 2.75) is 19.3 Å². The van der Waals surface area contributed by atoms with Crippen LogP contribution < -0.4 is 0 Å². The van der Waals surface area contributed by atoms with E-state index < -0.39 is 0 Å². The van der Waals surface area contributed by atoms with Crippen LogP contribution in [0.1, 0.15) is 17.5 Å². The third kappa shape index (κ3) is 1.62. The molecule has 0 saturated heterocycles. The number of carbonyl (C=O) groups excluding carboxylic acids is 1. The molecular weight excluding hydrogens is 167 g/mol. The summed E-state index contributed by atoms with van der Waals surface area (Å²) in [6, 6.07) is 4.84. The van der Waals surface area contributed by atoms with E-state index in [2.05, 4.69) is 0 Å². The molecule has 0 unspecified atom stereocenters. The number of rotatable bonds is 1. The van der Waals surface area contributed by atoms with Gasteiger partial charge in [0.05, 0.1) is 0 Å². The van der Waals surface area contributed by atoms with Crippen molar-refractivity contribution in [3.8, 4) is 0 Å². The van der Waals surface area contributed by atoms with Crippen molar-refractivity contribution in [3.63, 3.8) is 0 Å². The lowest BCUT2D eigenvalue weighted by molar-refractivity contribution is -0.111. The maximum atomic E-state index is 12.8. The van der Waals surface area contributed by atoms with Crippen LogP contribution in [0.2, 0.25) is 0 Å². The van der Waals surface area contributed by atoms with Crippen LogP contribution in [0, 0.1) is 11.7 Å². The second-order valence-corrected chi connectivity index (χ2v) is 3.55. The van der Waals surface area contributed by atoms with Crippen molar-refractivity contribution in [2.24, 2.45) is 5.92 Å². The summed E-state index contributed by atoms with van der Waals surface area (Å²) in [7, 11) is 0. The highest BCUT2D eigenvalue weighted by Crippen LogP contribution is 2.24. The van der Waals surface area contributed by atoms with Gasteiger partial charge in [0.25, 0.3) is 0 Å². The summed E-state index contributed by atoms with van der Waals surface area (Å²) in [4.78, 5) is 10.6. The lowest BCUT2D eigenvalue weighted by Crippen LogP contribution is -2.15. The van der Waals surface area contributed by atoms with Gasteiger partial charge in [-0.25, -0.2) is 4.39 Å². The second-order valence-electron chi connectivity index (χ2n) is 3.55. The van der Waals surface area contributed by atoms with Gasteiger partial charge in [-0.15, -0.1) is 0 Å². The summed E-state index contributed by atoms with van der Waals surface area (Å²) in [6.07, 6.45) is 3.47. The summed E-state index contributed by atoms with van der Waals surface area (Å²) >= 11 is 0. The van der Waals surface area contributed by atoms with E-state index >= 15 is 0 Å². The minimum atomic E-state index is -0.177. The number of hydrogen-bond acceptors (Lipinski definition) is 1. The number of hydrogen-bond donors (Lipinski definition) is 0. The first-order chi connectivity index (χ1) is 6.29. The third-order valence-electron chi connectivity index (χ3n) is 2.63. The van der Waals surface area contributed by atoms with Crippen LogP contribution in [-0.2, 0) is 17.6 Å². The largest absolute Gasteiger partial charge is 0.303 e. The summed E-state index contributed by atoms with van der Waals surface area (Å²) in [6.45, 7) is 0. The molecule has 0 N–H and O–H groups in total. The Morgan fingerprint density at radius 1 is 1.38 bits per heavy atom. The van der Waals surface area contributed by atoms with Crippen molar-refractivity contribution in [2.75, 3.05) is 0 Å². The summed E-state index contributed by atoms with van der Waals surface area (Å²) in [5, 5.41) is 0. The third-order valence-corrected chi connectivity index (χ3v) is 2.63. The van der Waals surface area contributed by atoms with Crippen LogP contribution in [-0.4, -0.2) is 6.29 Å². The van der Waals surface area contributed by atoms with Crippen LogP contribution in [0.15, 0.2) is 18.2 Å². The number of carbonyl (C=O) groups is 1. The average molecular weight is 178 g/mol. The van der Waals surface area contributed by atoms with Gasteiger partial charge >= 0.3 is 0 Å². The quantitative estimate of drug-likeness (QED) is 0.602. The molecule has 0 spiro atoms. The van der Waals surface area contributed by atoms with E-state index in [1.165, 1.54) is 6.07 Å². The van der Waals surface area contributed by atoms with Gasteiger partial charge < -0.3 is 4.79 Å². The number of aldehydes is 1. The molecule has 1 atom stereocenters. The fraction of sp³-hybridized carbons (Fsp3) is 0.364. The fourth-order valence-corrected chi connectivity index (χ4v) is 1.87. The molecule has 0 aromatic heterocycles. The first-order valence-corrected chi connectivity index (χ1v) is 4.52. The maximum absolute atomic E-state index is 12.8. The zero-order valence-corrected chi connectivity index (χ0v) is 7.29. The van der Waals surface area contributed by atoms with Crippen LogP contribution in [0.5, 0.6) is 0 Å². The SMILES string of the molecule is O=C[C@H]1CCc2cc(F)ccc2C1. The molecule has 1 aliphatic carbocycles. The fourth-order valence-electron chi connectivity index (χ4n) is 1.87. The summed E-state index contributed by atoms with van der Waals surface area (Å²) in [5.41, 5.74) is 2.20. The van der Waals surface area contributed by atoms with Gasteiger partial charge in [0.1, 0.15) is 12.1 Å². The van der Waals surface area contributed by atoms with Crippen molar-refractivity contribution in [1.29, 1.82) is 0 Å². The van der Waals surface area contributed by atoms with Crippen LogP contribution in [0.3, 0.4) is 0 Å². The molecule has 1 nitrogen and oxygen atoms in total. The number of fused-ring (bicyclic) bond motifs is 1. The molecule has 0 heterocycles. The Labute approximate surface area is 76.6 Å². The van der Waals surface area contributed by atoms with Gasteiger partial charge in [0.2, 0.25) is 0 Å². The van der Waals surface area contributed by atoms with Gasteiger partial charge in [0.15, 0.2) is 0 Å². The topological polar surface area (TPSA) is 17.1 Å². The van der Waals surface area contributed by atoms with E-state index in [0.29, 0.717) is 0 Å². The lowest BCUT2D eigenvalue weighted by atomic mass is 9.85.